The third kappa shape index (κ3) is 2.67. The molecular weight excluding hydrogens is 178 g/mol. The lowest BCUT2D eigenvalue weighted by molar-refractivity contribution is 0.301. The Morgan fingerprint density at radius 2 is 2.00 bits per heavy atom. The van der Waals surface area contributed by atoms with E-state index in [1.165, 1.54) is 0 Å². The van der Waals surface area contributed by atoms with Crippen LogP contribution in [0.2, 0.25) is 0 Å². The molecule has 4 heteroatoms. The Bertz CT molecular complexity index is 272. The van der Waals surface area contributed by atoms with Crippen molar-refractivity contribution in [2.45, 2.75) is 20.3 Å². The lowest BCUT2D eigenvalue weighted by Gasteiger charge is -2.22. The van der Waals surface area contributed by atoms with Crippen molar-refractivity contribution in [3.8, 4) is 0 Å². The van der Waals surface area contributed by atoms with Gasteiger partial charge in [0, 0.05) is 25.5 Å². The first kappa shape index (κ1) is 10.9. The normalized spacial score (nSPS) is 10.2. The van der Waals surface area contributed by atoms with Gasteiger partial charge in [0.1, 0.15) is 5.82 Å². The van der Waals surface area contributed by atoms with Gasteiger partial charge in [-0.15, -0.1) is 0 Å². The van der Waals surface area contributed by atoms with Crippen LogP contribution < -0.4 is 4.90 Å². The maximum absolute atomic E-state index is 8.93. The summed E-state index contributed by atoms with van der Waals surface area (Å²) in [6, 6.07) is 0. The Hall–Kier alpha value is -1.16. The molecule has 0 aromatic carbocycles. The number of hydrogen-bond donors (Lipinski definition) is 1. The van der Waals surface area contributed by atoms with E-state index >= 15 is 0 Å². The average molecular weight is 195 g/mol. The second-order valence-corrected chi connectivity index (χ2v) is 3.18. The predicted octanol–water partition coefficient (Wildman–Crippen LogP) is 0.994. The fourth-order valence-electron chi connectivity index (χ4n) is 1.42. The zero-order valence-electron chi connectivity index (χ0n) is 8.77. The number of aliphatic hydroxyl groups excluding tert-OH is 1. The number of rotatable bonds is 5. The van der Waals surface area contributed by atoms with E-state index < -0.39 is 0 Å². The van der Waals surface area contributed by atoms with Gasteiger partial charge in [0.15, 0.2) is 0 Å². The van der Waals surface area contributed by atoms with Gasteiger partial charge in [0.25, 0.3) is 0 Å². The van der Waals surface area contributed by atoms with E-state index in [1.807, 2.05) is 6.92 Å². The van der Waals surface area contributed by atoms with E-state index in [-0.39, 0.29) is 6.61 Å². The molecule has 14 heavy (non-hydrogen) atoms. The smallest absolute Gasteiger partial charge is 0.150 e. The van der Waals surface area contributed by atoms with Crippen LogP contribution in [0.3, 0.4) is 0 Å². The first-order chi connectivity index (χ1) is 6.79. The Balaban J connectivity index is 2.81. The number of aliphatic hydroxyl groups is 1. The van der Waals surface area contributed by atoms with E-state index in [0.717, 1.165) is 24.5 Å². The van der Waals surface area contributed by atoms with Crippen LogP contribution in [0.5, 0.6) is 0 Å². The van der Waals surface area contributed by atoms with E-state index in [2.05, 4.69) is 21.8 Å². The minimum atomic E-state index is 0.149. The molecule has 0 fully saturated rings. The molecule has 0 saturated carbocycles. The van der Waals surface area contributed by atoms with Crippen LogP contribution >= 0.6 is 0 Å². The first-order valence-corrected chi connectivity index (χ1v) is 4.93. The maximum Gasteiger partial charge on any atom is 0.150 e. The Labute approximate surface area is 84.6 Å². The number of nitrogens with zero attached hydrogens (tertiary/aromatic N) is 3. The third-order valence-corrected chi connectivity index (χ3v) is 2.02. The standard InChI is InChI=1S/C10H17N3O/c1-3-6-13(7-8-14)10-9(2)11-4-5-12-10/h4-5,14H,3,6-8H2,1-2H3. The molecule has 0 unspecified atom stereocenters. The van der Waals surface area contributed by atoms with Crippen molar-refractivity contribution in [2.24, 2.45) is 0 Å². The Morgan fingerprint density at radius 3 is 2.57 bits per heavy atom. The zero-order valence-corrected chi connectivity index (χ0v) is 8.77. The van der Waals surface area contributed by atoms with Gasteiger partial charge in [0.2, 0.25) is 0 Å². The van der Waals surface area contributed by atoms with Crippen molar-refractivity contribution < 1.29 is 5.11 Å². The van der Waals surface area contributed by atoms with Gasteiger partial charge in [-0.2, -0.15) is 0 Å². The summed E-state index contributed by atoms with van der Waals surface area (Å²) < 4.78 is 0. The average Bonchev–Trinajstić information content (AvgIpc) is 2.18. The molecule has 0 bridgehead atoms. The highest BCUT2D eigenvalue weighted by Crippen LogP contribution is 2.13. The highest BCUT2D eigenvalue weighted by Gasteiger charge is 2.08. The summed E-state index contributed by atoms with van der Waals surface area (Å²) in [6.45, 7) is 5.71. The largest absolute Gasteiger partial charge is 0.395 e. The molecule has 0 atom stereocenters. The highest BCUT2D eigenvalue weighted by atomic mass is 16.3. The SMILES string of the molecule is CCCN(CCO)c1nccnc1C. The van der Waals surface area contributed by atoms with Gasteiger partial charge in [0.05, 0.1) is 12.3 Å². The third-order valence-electron chi connectivity index (χ3n) is 2.02. The van der Waals surface area contributed by atoms with Crippen LogP contribution in [-0.4, -0.2) is 34.8 Å². The van der Waals surface area contributed by atoms with Crippen molar-refractivity contribution in [1.29, 1.82) is 0 Å². The summed E-state index contributed by atoms with van der Waals surface area (Å²) in [5, 5.41) is 8.93. The van der Waals surface area contributed by atoms with Gasteiger partial charge in [-0.25, -0.2) is 4.98 Å². The van der Waals surface area contributed by atoms with Crippen LogP contribution in [0.1, 0.15) is 19.0 Å². The predicted molar refractivity (Wildman–Crippen MR) is 56.4 cm³/mol. The molecule has 0 aliphatic rings. The molecule has 1 aromatic heterocycles. The summed E-state index contributed by atoms with van der Waals surface area (Å²) in [4.78, 5) is 10.5. The Morgan fingerprint density at radius 1 is 1.29 bits per heavy atom. The number of hydrogen-bond acceptors (Lipinski definition) is 4. The van der Waals surface area contributed by atoms with Crippen LogP contribution in [0, 0.1) is 6.92 Å². The zero-order chi connectivity index (χ0) is 10.4. The number of anilines is 1. The molecule has 0 spiro atoms. The maximum atomic E-state index is 8.93. The quantitative estimate of drug-likeness (QED) is 0.761. The second-order valence-electron chi connectivity index (χ2n) is 3.18. The van der Waals surface area contributed by atoms with Crippen molar-refractivity contribution in [3.63, 3.8) is 0 Å². The van der Waals surface area contributed by atoms with Gasteiger partial charge in [-0.3, -0.25) is 4.98 Å². The molecular formula is C10H17N3O. The van der Waals surface area contributed by atoms with Crippen molar-refractivity contribution in [3.05, 3.63) is 18.1 Å². The fraction of sp³-hybridized carbons (Fsp3) is 0.600. The summed E-state index contributed by atoms with van der Waals surface area (Å²) in [6.07, 6.45) is 4.40. The molecule has 4 nitrogen and oxygen atoms in total. The van der Waals surface area contributed by atoms with Gasteiger partial charge in [-0.1, -0.05) is 6.92 Å². The molecule has 1 heterocycles. The van der Waals surface area contributed by atoms with E-state index in [1.54, 1.807) is 12.4 Å². The molecule has 0 radical (unpaired) electrons. The summed E-state index contributed by atoms with van der Waals surface area (Å²) in [7, 11) is 0. The number of aromatic nitrogens is 2. The second kappa shape index (κ2) is 5.54. The molecule has 1 rings (SSSR count). The highest BCUT2D eigenvalue weighted by molar-refractivity contribution is 5.41. The molecule has 0 aliphatic heterocycles. The van der Waals surface area contributed by atoms with E-state index in [4.69, 9.17) is 5.11 Å². The van der Waals surface area contributed by atoms with Crippen molar-refractivity contribution >= 4 is 5.82 Å². The van der Waals surface area contributed by atoms with Crippen LogP contribution in [0.25, 0.3) is 0 Å². The minimum absolute atomic E-state index is 0.149. The fourth-order valence-corrected chi connectivity index (χ4v) is 1.42. The molecule has 78 valence electrons. The number of aryl methyl sites for hydroxylation is 1. The van der Waals surface area contributed by atoms with Crippen LogP contribution in [-0.2, 0) is 0 Å². The summed E-state index contributed by atoms with van der Waals surface area (Å²) >= 11 is 0. The first-order valence-electron chi connectivity index (χ1n) is 4.93. The monoisotopic (exact) mass is 195 g/mol. The van der Waals surface area contributed by atoms with E-state index in [9.17, 15) is 0 Å². The van der Waals surface area contributed by atoms with Gasteiger partial charge in [-0.05, 0) is 13.3 Å². The summed E-state index contributed by atoms with van der Waals surface area (Å²) in [5.41, 5.74) is 0.911. The molecule has 1 aromatic rings. The van der Waals surface area contributed by atoms with Crippen LogP contribution in [0.15, 0.2) is 12.4 Å². The van der Waals surface area contributed by atoms with Gasteiger partial charge < -0.3 is 10.0 Å². The molecule has 0 aliphatic carbocycles. The van der Waals surface area contributed by atoms with Crippen molar-refractivity contribution in [1.82, 2.24) is 9.97 Å². The topological polar surface area (TPSA) is 49.2 Å². The van der Waals surface area contributed by atoms with Crippen LogP contribution in [0.4, 0.5) is 5.82 Å². The minimum Gasteiger partial charge on any atom is -0.395 e. The van der Waals surface area contributed by atoms with Crippen molar-refractivity contribution in [2.75, 3.05) is 24.6 Å². The lowest BCUT2D eigenvalue weighted by atomic mass is 10.3. The lowest BCUT2D eigenvalue weighted by Crippen LogP contribution is -2.29. The Kier molecular flexibility index (Phi) is 4.32. The molecule has 1 N–H and O–H groups in total. The van der Waals surface area contributed by atoms with Gasteiger partial charge >= 0.3 is 0 Å². The summed E-state index contributed by atoms with van der Waals surface area (Å²) in [5.74, 6) is 0.878. The van der Waals surface area contributed by atoms with E-state index in [0.29, 0.717) is 6.54 Å². The molecule has 0 saturated heterocycles. The molecule has 0 amide bonds.